The zero-order chi connectivity index (χ0) is 33.0. The van der Waals surface area contributed by atoms with Gasteiger partial charge in [-0.2, -0.15) is 0 Å². The molecule has 2 heteroatoms. The van der Waals surface area contributed by atoms with Gasteiger partial charge in [-0.15, -0.1) is 0 Å². The van der Waals surface area contributed by atoms with Crippen molar-refractivity contribution in [2.75, 3.05) is 9.80 Å². The van der Waals surface area contributed by atoms with Crippen LogP contribution in [0, 0.1) is 0 Å². The molecule has 8 aromatic rings. The van der Waals surface area contributed by atoms with Crippen LogP contribution in [-0.4, -0.2) is 0 Å². The zero-order valence-electron chi connectivity index (χ0n) is 27.7. The van der Waals surface area contributed by atoms with Crippen LogP contribution in [0.3, 0.4) is 0 Å². The molecule has 49 heavy (non-hydrogen) atoms. The van der Waals surface area contributed by atoms with Crippen LogP contribution in [0.15, 0.2) is 182 Å². The number of benzene rings is 8. The van der Waals surface area contributed by atoms with Crippen LogP contribution < -0.4 is 9.80 Å². The Hall–Kier alpha value is -6.12. The van der Waals surface area contributed by atoms with Gasteiger partial charge in [0.15, 0.2) is 0 Å². The summed E-state index contributed by atoms with van der Waals surface area (Å²) < 4.78 is 0. The van der Waals surface area contributed by atoms with Crippen molar-refractivity contribution in [2.24, 2.45) is 0 Å². The monoisotopic (exact) mass is 628 g/mol. The van der Waals surface area contributed by atoms with E-state index in [1.807, 2.05) is 0 Å². The van der Waals surface area contributed by atoms with Gasteiger partial charge in [-0.3, -0.25) is 0 Å². The lowest BCUT2D eigenvalue weighted by atomic mass is 9.81. The summed E-state index contributed by atoms with van der Waals surface area (Å²) in [7, 11) is 0. The van der Waals surface area contributed by atoms with Gasteiger partial charge in [-0.25, -0.2) is 0 Å². The molecule has 234 valence electrons. The van der Waals surface area contributed by atoms with E-state index in [0.29, 0.717) is 0 Å². The molecule has 0 heterocycles. The van der Waals surface area contributed by atoms with Crippen molar-refractivity contribution in [1.29, 1.82) is 0 Å². The Balaban J connectivity index is 1.32. The molecular formula is C47H36N2. The summed E-state index contributed by atoms with van der Waals surface area (Å²) in [5.74, 6) is 0. The molecule has 9 rings (SSSR count). The van der Waals surface area contributed by atoms with Crippen molar-refractivity contribution in [3.05, 3.63) is 193 Å². The van der Waals surface area contributed by atoms with E-state index in [9.17, 15) is 0 Å². The van der Waals surface area contributed by atoms with Gasteiger partial charge in [-0.05, 0) is 111 Å². The molecule has 0 atom stereocenters. The Bertz CT molecular complexity index is 2430. The van der Waals surface area contributed by atoms with Crippen LogP contribution >= 0.6 is 0 Å². The molecule has 0 N–H and O–H groups in total. The van der Waals surface area contributed by atoms with E-state index < -0.39 is 0 Å². The fraction of sp³-hybridized carbons (Fsp3) is 0.0638. The first kappa shape index (κ1) is 29.1. The summed E-state index contributed by atoms with van der Waals surface area (Å²) in [6, 6.07) is 66.0. The highest BCUT2D eigenvalue weighted by molar-refractivity contribution is 6.16. The number of nitrogens with zero attached hydrogens (tertiary/aromatic N) is 2. The lowest BCUT2D eigenvalue weighted by molar-refractivity contribution is 0.661. The highest BCUT2D eigenvalue weighted by Crippen LogP contribution is 2.52. The first-order valence-electron chi connectivity index (χ1n) is 17.0. The van der Waals surface area contributed by atoms with Crippen LogP contribution in [0.4, 0.5) is 34.1 Å². The third kappa shape index (κ3) is 4.79. The zero-order valence-corrected chi connectivity index (χ0v) is 27.7. The number of hydrogen-bond donors (Lipinski definition) is 0. The summed E-state index contributed by atoms with van der Waals surface area (Å²) in [5, 5.41) is 5.02. The fourth-order valence-corrected chi connectivity index (χ4v) is 7.84. The topological polar surface area (TPSA) is 6.48 Å². The molecule has 0 saturated heterocycles. The van der Waals surface area contributed by atoms with Crippen molar-refractivity contribution in [1.82, 2.24) is 0 Å². The summed E-state index contributed by atoms with van der Waals surface area (Å²) in [6.07, 6.45) is 0. The van der Waals surface area contributed by atoms with E-state index in [-0.39, 0.29) is 5.41 Å². The summed E-state index contributed by atoms with van der Waals surface area (Å²) in [5.41, 5.74) is 12.0. The van der Waals surface area contributed by atoms with Crippen LogP contribution in [0.2, 0.25) is 0 Å². The predicted octanol–water partition coefficient (Wildman–Crippen LogP) is 13.2. The molecule has 0 spiro atoms. The van der Waals surface area contributed by atoms with Gasteiger partial charge >= 0.3 is 0 Å². The third-order valence-electron chi connectivity index (χ3n) is 10.2. The molecule has 2 nitrogen and oxygen atoms in total. The molecule has 0 saturated carbocycles. The standard InChI is InChI=1S/C47H36N2/c1-47(2)44-28-15-14-27-40(44)42-31-43-41(32-45(42)47)39-26-13-12-17-33(39)29-46(43)49(36-22-10-5-11-23-36)38-25-16-24-37(30-38)48(34-18-6-3-7-19-34)35-20-8-4-9-21-35/h3-32H,1-2H3. The van der Waals surface area contributed by atoms with E-state index in [1.54, 1.807) is 0 Å². The van der Waals surface area contributed by atoms with Crippen molar-refractivity contribution in [2.45, 2.75) is 19.3 Å². The van der Waals surface area contributed by atoms with Crippen LogP contribution in [0.5, 0.6) is 0 Å². The molecule has 1 aliphatic carbocycles. The first-order chi connectivity index (χ1) is 24.1. The number of fused-ring (bicyclic) bond motifs is 6. The molecule has 8 aromatic carbocycles. The maximum Gasteiger partial charge on any atom is 0.0546 e. The van der Waals surface area contributed by atoms with Crippen LogP contribution in [0.1, 0.15) is 25.0 Å². The average molecular weight is 629 g/mol. The van der Waals surface area contributed by atoms with Crippen LogP contribution in [-0.2, 0) is 5.41 Å². The summed E-state index contributed by atoms with van der Waals surface area (Å²) in [6.45, 7) is 4.73. The molecule has 1 aliphatic rings. The number of hydrogen-bond acceptors (Lipinski definition) is 2. The van der Waals surface area contributed by atoms with Gasteiger partial charge in [-0.1, -0.05) is 123 Å². The van der Waals surface area contributed by atoms with E-state index in [1.165, 1.54) is 43.8 Å². The Morgan fingerprint density at radius 2 is 0.878 bits per heavy atom. The summed E-state index contributed by atoms with van der Waals surface area (Å²) >= 11 is 0. The van der Waals surface area contributed by atoms with Crippen molar-refractivity contribution in [3.8, 4) is 11.1 Å². The van der Waals surface area contributed by atoms with Crippen molar-refractivity contribution < 1.29 is 0 Å². The Morgan fingerprint density at radius 3 is 1.55 bits per heavy atom. The third-order valence-corrected chi connectivity index (χ3v) is 10.2. The van der Waals surface area contributed by atoms with E-state index >= 15 is 0 Å². The maximum atomic E-state index is 2.47. The number of para-hydroxylation sites is 3. The van der Waals surface area contributed by atoms with Crippen LogP contribution in [0.25, 0.3) is 32.7 Å². The summed E-state index contributed by atoms with van der Waals surface area (Å²) in [4.78, 5) is 4.77. The van der Waals surface area contributed by atoms with Gasteiger partial charge in [0.25, 0.3) is 0 Å². The quantitative estimate of drug-likeness (QED) is 0.169. The number of anilines is 6. The second-order valence-corrected chi connectivity index (χ2v) is 13.4. The van der Waals surface area contributed by atoms with Crippen molar-refractivity contribution in [3.63, 3.8) is 0 Å². The predicted molar refractivity (Wildman–Crippen MR) is 208 cm³/mol. The van der Waals surface area contributed by atoms with E-state index in [4.69, 9.17) is 0 Å². The van der Waals surface area contributed by atoms with E-state index in [2.05, 4.69) is 206 Å². The molecule has 0 fully saturated rings. The largest absolute Gasteiger partial charge is 0.310 e. The SMILES string of the molecule is CC1(C)c2ccccc2-c2cc3c(N(c4ccccc4)c4cccc(N(c5ccccc5)c5ccccc5)c4)cc4ccccc4c3cc21. The first-order valence-corrected chi connectivity index (χ1v) is 17.0. The Kier molecular flexibility index (Phi) is 6.84. The highest BCUT2D eigenvalue weighted by Gasteiger charge is 2.36. The average Bonchev–Trinajstić information content (AvgIpc) is 3.38. The van der Waals surface area contributed by atoms with Gasteiger partial charge < -0.3 is 9.80 Å². The Labute approximate surface area is 288 Å². The van der Waals surface area contributed by atoms with Gasteiger partial charge in [0, 0.05) is 39.2 Å². The molecule has 0 aromatic heterocycles. The minimum absolute atomic E-state index is 0.0803. The second kappa shape index (κ2) is 11.5. The smallest absolute Gasteiger partial charge is 0.0546 e. The van der Waals surface area contributed by atoms with Crippen molar-refractivity contribution >= 4 is 55.7 Å². The molecular weight excluding hydrogens is 593 g/mol. The molecule has 0 radical (unpaired) electrons. The molecule has 0 unspecified atom stereocenters. The lowest BCUT2D eigenvalue weighted by Crippen LogP contribution is -2.15. The second-order valence-electron chi connectivity index (χ2n) is 13.4. The maximum absolute atomic E-state index is 2.47. The minimum Gasteiger partial charge on any atom is -0.310 e. The lowest BCUT2D eigenvalue weighted by Gasteiger charge is -2.30. The molecule has 0 amide bonds. The molecule has 0 aliphatic heterocycles. The highest BCUT2D eigenvalue weighted by atomic mass is 15.2. The van der Waals surface area contributed by atoms with Gasteiger partial charge in [0.05, 0.1) is 5.69 Å². The fourth-order valence-electron chi connectivity index (χ4n) is 7.84. The minimum atomic E-state index is -0.0803. The van der Waals surface area contributed by atoms with Gasteiger partial charge in [0.1, 0.15) is 0 Å². The van der Waals surface area contributed by atoms with E-state index in [0.717, 1.165) is 34.1 Å². The number of rotatable bonds is 6. The van der Waals surface area contributed by atoms with Gasteiger partial charge in [0.2, 0.25) is 0 Å². The normalized spacial score (nSPS) is 12.9. The Morgan fingerprint density at radius 1 is 0.347 bits per heavy atom. The molecule has 0 bridgehead atoms.